The average Bonchev–Trinajstić information content (AvgIpc) is 2.78. The first-order chi connectivity index (χ1) is 7.45. The summed E-state index contributed by atoms with van der Waals surface area (Å²) in [6, 6.07) is 10.4. The van der Waals surface area contributed by atoms with Crippen molar-refractivity contribution in [2.45, 2.75) is 12.8 Å². The minimum absolute atomic E-state index is 0.359. The van der Waals surface area contributed by atoms with Gasteiger partial charge in [0.25, 0.3) is 0 Å². The Bertz CT molecular complexity index is 429. The van der Waals surface area contributed by atoms with Gasteiger partial charge < -0.3 is 9.47 Å². The summed E-state index contributed by atoms with van der Waals surface area (Å²) < 4.78 is 10.9. The van der Waals surface area contributed by atoms with Crippen LogP contribution in [0.1, 0.15) is 18.4 Å². The van der Waals surface area contributed by atoms with E-state index in [4.69, 9.17) is 9.47 Å². The van der Waals surface area contributed by atoms with Crippen LogP contribution >= 0.6 is 0 Å². The number of hydrogen-bond donors (Lipinski definition) is 0. The summed E-state index contributed by atoms with van der Waals surface area (Å²) in [4.78, 5) is 0. The van der Waals surface area contributed by atoms with Crippen LogP contribution < -0.4 is 0 Å². The third kappa shape index (κ3) is 1.42. The van der Waals surface area contributed by atoms with Gasteiger partial charge in [-0.2, -0.15) is 0 Å². The van der Waals surface area contributed by atoms with Gasteiger partial charge in [0.2, 0.25) is 6.79 Å². The van der Waals surface area contributed by atoms with Crippen LogP contribution in [0.25, 0.3) is 5.57 Å². The molecule has 0 bridgehead atoms. The third-order valence-corrected chi connectivity index (χ3v) is 2.76. The summed E-state index contributed by atoms with van der Waals surface area (Å²) in [5.41, 5.74) is 2.51. The lowest BCUT2D eigenvalue weighted by Crippen LogP contribution is -1.97. The minimum atomic E-state index is 0.359. The van der Waals surface area contributed by atoms with Crippen molar-refractivity contribution in [3.63, 3.8) is 0 Å². The van der Waals surface area contributed by atoms with Crippen molar-refractivity contribution in [2.75, 3.05) is 6.79 Å². The molecule has 0 unspecified atom stereocenters. The molecule has 0 saturated carbocycles. The molecule has 1 heterocycles. The molecule has 1 aliphatic carbocycles. The summed E-state index contributed by atoms with van der Waals surface area (Å²) in [7, 11) is 0. The molecule has 2 aliphatic rings. The van der Waals surface area contributed by atoms with Crippen molar-refractivity contribution in [3.05, 3.63) is 53.5 Å². The van der Waals surface area contributed by atoms with Crippen molar-refractivity contribution < 1.29 is 9.47 Å². The SMILES string of the molecule is C1=C2OCOC2=C(c2ccccc2)CC1. The van der Waals surface area contributed by atoms with Crippen LogP contribution in [-0.2, 0) is 9.47 Å². The van der Waals surface area contributed by atoms with E-state index in [2.05, 4.69) is 30.3 Å². The minimum Gasteiger partial charge on any atom is -0.454 e. The van der Waals surface area contributed by atoms with Crippen molar-refractivity contribution >= 4 is 5.57 Å². The second-order valence-electron chi connectivity index (χ2n) is 3.69. The number of allylic oxidation sites excluding steroid dienone is 2. The molecule has 15 heavy (non-hydrogen) atoms. The van der Waals surface area contributed by atoms with Crippen molar-refractivity contribution in [2.24, 2.45) is 0 Å². The summed E-state index contributed by atoms with van der Waals surface area (Å²) in [6.07, 6.45) is 4.17. The quantitative estimate of drug-likeness (QED) is 0.693. The van der Waals surface area contributed by atoms with Gasteiger partial charge in [0.15, 0.2) is 11.5 Å². The Morgan fingerprint density at radius 1 is 1.00 bits per heavy atom. The van der Waals surface area contributed by atoms with E-state index in [-0.39, 0.29) is 0 Å². The highest BCUT2D eigenvalue weighted by Crippen LogP contribution is 2.36. The molecule has 0 radical (unpaired) electrons. The first-order valence-corrected chi connectivity index (χ1v) is 5.20. The molecule has 0 N–H and O–H groups in total. The van der Waals surface area contributed by atoms with Crippen molar-refractivity contribution in [1.82, 2.24) is 0 Å². The van der Waals surface area contributed by atoms with Crippen molar-refractivity contribution in [3.8, 4) is 0 Å². The fourth-order valence-corrected chi connectivity index (χ4v) is 2.05. The fourth-order valence-electron chi connectivity index (χ4n) is 2.05. The number of hydrogen-bond acceptors (Lipinski definition) is 2. The molecule has 1 aromatic rings. The number of benzene rings is 1. The van der Waals surface area contributed by atoms with Crippen LogP contribution in [0.15, 0.2) is 47.9 Å². The highest BCUT2D eigenvalue weighted by molar-refractivity contribution is 5.71. The molecule has 0 amide bonds. The zero-order chi connectivity index (χ0) is 10.1. The topological polar surface area (TPSA) is 18.5 Å². The smallest absolute Gasteiger partial charge is 0.231 e. The monoisotopic (exact) mass is 200 g/mol. The largest absolute Gasteiger partial charge is 0.454 e. The van der Waals surface area contributed by atoms with Crippen LogP contribution in [0.4, 0.5) is 0 Å². The van der Waals surface area contributed by atoms with E-state index < -0.39 is 0 Å². The molecule has 1 aliphatic heterocycles. The normalized spacial score (nSPS) is 19.1. The summed E-state index contributed by atoms with van der Waals surface area (Å²) in [6.45, 7) is 0.359. The molecule has 0 aromatic heterocycles. The maximum absolute atomic E-state index is 5.51. The average molecular weight is 200 g/mol. The molecule has 1 aromatic carbocycles. The summed E-state index contributed by atoms with van der Waals surface area (Å²) in [5.74, 6) is 1.85. The Hall–Kier alpha value is -1.70. The molecule has 3 rings (SSSR count). The number of fused-ring (bicyclic) bond motifs is 1. The fraction of sp³-hybridized carbons (Fsp3) is 0.231. The van der Waals surface area contributed by atoms with Crippen molar-refractivity contribution in [1.29, 1.82) is 0 Å². The summed E-state index contributed by atoms with van der Waals surface area (Å²) in [5, 5.41) is 0. The van der Waals surface area contributed by atoms with Gasteiger partial charge in [0.05, 0.1) is 0 Å². The predicted octanol–water partition coefficient (Wildman–Crippen LogP) is 3.08. The number of rotatable bonds is 1. The molecule has 1 saturated heterocycles. The second-order valence-corrected chi connectivity index (χ2v) is 3.69. The maximum Gasteiger partial charge on any atom is 0.231 e. The summed E-state index contributed by atoms with van der Waals surface area (Å²) >= 11 is 0. The van der Waals surface area contributed by atoms with Gasteiger partial charge in [-0.25, -0.2) is 0 Å². The zero-order valence-electron chi connectivity index (χ0n) is 8.40. The Morgan fingerprint density at radius 3 is 2.73 bits per heavy atom. The van der Waals surface area contributed by atoms with E-state index in [0.717, 1.165) is 24.4 Å². The molecular weight excluding hydrogens is 188 g/mol. The van der Waals surface area contributed by atoms with E-state index in [1.165, 1.54) is 11.1 Å². The second kappa shape index (κ2) is 3.46. The lowest BCUT2D eigenvalue weighted by Gasteiger charge is -2.13. The van der Waals surface area contributed by atoms with Gasteiger partial charge in [-0.3, -0.25) is 0 Å². The van der Waals surface area contributed by atoms with E-state index in [0.29, 0.717) is 6.79 Å². The number of ether oxygens (including phenoxy) is 2. The van der Waals surface area contributed by atoms with Crippen LogP contribution in [0.3, 0.4) is 0 Å². The highest BCUT2D eigenvalue weighted by atomic mass is 16.7. The molecule has 76 valence electrons. The molecule has 2 nitrogen and oxygen atoms in total. The van der Waals surface area contributed by atoms with E-state index in [1.54, 1.807) is 0 Å². The van der Waals surface area contributed by atoms with Gasteiger partial charge >= 0.3 is 0 Å². The molecular formula is C13H12O2. The Kier molecular flexibility index (Phi) is 1.98. The van der Waals surface area contributed by atoms with Crippen LogP contribution in [-0.4, -0.2) is 6.79 Å². The predicted molar refractivity (Wildman–Crippen MR) is 57.7 cm³/mol. The van der Waals surface area contributed by atoms with Crippen LogP contribution in [0.5, 0.6) is 0 Å². The van der Waals surface area contributed by atoms with Crippen LogP contribution in [0.2, 0.25) is 0 Å². The third-order valence-electron chi connectivity index (χ3n) is 2.76. The van der Waals surface area contributed by atoms with E-state index >= 15 is 0 Å². The van der Waals surface area contributed by atoms with E-state index in [1.807, 2.05) is 6.07 Å². The Labute approximate surface area is 88.8 Å². The molecule has 1 fully saturated rings. The van der Waals surface area contributed by atoms with Gasteiger partial charge in [-0.15, -0.1) is 0 Å². The van der Waals surface area contributed by atoms with Gasteiger partial charge in [-0.05, 0) is 24.5 Å². The lowest BCUT2D eigenvalue weighted by molar-refractivity contribution is 0.0981. The first kappa shape index (κ1) is 8.60. The molecule has 0 spiro atoms. The lowest BCUT2D eigenvalue weighted by atomic mass is 9.95. The van der Waals surface area contributed by atoms with Gasteiger partial charge in [0, 0.05) is 5.57 Å². The standard InChI is InChI=1S/C13H12O2/c1-2-5-10(6-3-1)11-7-4-8-12-13(11)15-9-14-12/h1-3,5-6,8H,4,7,9H2. The van der Waals surface area contributed by atoms with E-state index in [9.17, 15) is 0 Å². The first-order valence-electron chi connectivity index (χ1n) is 5.20. The Morgan fingerprint density at radius 2 is 1.87 bits per heavy atom. The van der Waals surface area contributed by atoms with Gasteiger partial charge in [0.1, 0.15) is 0 Å². The maximum atomic E-state index is 5.51. The van der Waals surface area contributed by atoms with Gasteiger partial charge in [-0.1, -0.05) is 30.3 Å². The highest BCUT2D eigenvalue weighted by Gasteiger charge is 2.24. The Balaban J connectivity index is 2.08. The molecule has 2 heteroatoms. The zero-order valence-corrected chi connectivity index (χ0v) is 8.40. The van der Waals surface area contributed by atoms with Crippen LogP contribution in [0, 0.1) is 0 Å². The molecule has 0 atom stereocenters.